The van der Waals surface area contributed by atoms with Crippen LogP contribution in [0.2, 0.25) is 0 Å². The van der Waals surface area contributed by atoms with Crippen molar-refractivity contribution in [1.82, 2.24) is 5.32 Å². The van der Waals surface area contributed by atoms with E-state index in [0.29, 0.717) is 5.92 Å². The molecule has 0 aromatic heterocycles. The number of aliphatic hydroxyl groups is 1. The van der Waals surface area contributed by atoms with E-state index in [1.165, 1.54) is 19.3 Å². The standard InChI is InChI=1S/C9H18N2O2/c10-9(13)11-8(6-12)7-4-2-1-3-5-7/h7-8,12H,1-6H2,(H3,10,11,13). The summed E-state index contributed by atoms with van der Waals surface area (Å²) in [6.07, 6.45) is 5.84. The predicted molar refractivity (Wildman–Crippen MR) is 50.2 cm³/mol. The second-order valence-electron chi connectivity index (χ2n) is 3.70. The molecule has 1 atom stereocenters. The molecule has 2 amide bonds. The highest BCUT2D eigenvalue weighted by molar-refractivity contribution is 5.72. The highest BCUT2D eigenvalue weighted by Gasteiger charge is 2.23. The van der Waals surface area contributed by atoms with Crippen LogP contribution in [-0.2, 0) is 0 Å². The lowest BCUT2D eigenvalue weighted by molar-refractivity contribution is 0.172. The first kappa shape index (κ1) is 10.3. The number of hydrogen-bond donors (Lipinski definition) is 3. The molecule has 1 aliphatic carbocycles. The van der Waals surface area contributed by atoms with Crippen molar-refractivity contribution in [2.75, 3.05) is 6.61 Å². The molecular formula is C9H18N2O2. The second-order valence-corrected chi connectivity index (χ2v) is 3.70. The molecule has 0 heterocycles. The van der Waals surface area contributed by atoms with Crippen LogP contribution in [0.3, 0.4) is 0 Å². The van der Waals surface area contributed by atoms with Gasteiger partial charge in [-0.3, -0.25) is 0 Å². The molecule has 4 N–H and O–H groups in total. The van der Waals surface area contributed by atoms with Gasteiger partial charge in [0.15, 0.2) is 0 Å². The van der Waals surface area contributed by atoms with Crippen LogP contribution in [0.5, 0.6) is 0 Å². The van der Waals surface area contributed by atoms with Crippen LogP contribution in [0.4, 0.5) is 4.79 Å². The Morgan fingerprint density at radius 3 is 2.54 bits per heavy atom. The lowest BCUT2D eigenvalue weighted by Gasteiger charge is -2.28. The third kappa shape index (κ3) is 3.22. The number of nitrogens with two attached hydrogens (primary N) is 1. The third-order valence-corrected chi connectivity index (χ3v) is 2.74. The minimum atomic E-state index is -0.537. The zero-order valence-corrected chi connectivity index (χ0v) is 7.83. The summed E-state index contributed by atoms with van der Waals surface area (Å²) < 4.78 is 0. The minimum Gasteiger partial charge on any atom is -0.394 e. The quantitative estimate of drug-likeness (QED) is 0.603. The Kier molecular flexibility index (Phi) is 4.02. The van der Waals surface area contributed by atoms with Gasteiger partial charge in [0.1, 0.15) is 0 Å². The van der Waals surface area contributed by atoms with Crippen LogP contribution in [0.25, 0.3) is 0 Å². The van der Waals surface area contributed by atoms with E-state index in [-0.39, 0.29) is 12.6 Å². The second kappa shape index (κ2) is 5.07. The first-order chi connectivity index (χ1) is 6.24. The highest BCUT2D eigenvalue weighted by atomic mass is 16.3. The molecule has 0 aliphatic heterocycles. The number of nitrogens with one attached hydrogen (secondary N) is 1. The van der Waals surface area contributed by atoms with Crippen LogP contribution >= 0.6 is 0 Å². The normalized spacial score (nSPS) is 21.0. The molecule has 1 aliphatic rings. The van der Waals surface area contributed by atoms with Gasteiger partial charge < -0.3 is 16.2 Å². The van der Waals surface area contributed by atoms with Crippen molar-refractivity contribution in [3.8, 4) is 0 Å². The molecule has 0 bridgehead atoms. The van der Waals surface area contributed by atoms with Crippen molar-refractivity contribution in [2.45, 2.75) is 38.1 Å². The van der Waals surface area contributed by atoms with Crippen molar-refractivity contribution in [3.63, 3.8) is 0 Å². The topological polar surface area (TPSA) is 75.4 Å². The van der Waals surface area contributed by atoms with Gasteiger partial charge in [-0.1, -0.05) is 19.3 Å². The largest absolute Gasteiger partial charge is 0.394 e. The maximum absolute atomic E-state index is 10.6. The van der Waals surface area contributed by atoms with Crippen molar-refractivity contribution >= 4 is 6.03 Å². The van der Waals surface area contributed by atoms with E-state index in [2.05, 4.69) is 5.32 Å². The number of urea groups is 1. The number of hydrogen-bond acceptors (Lipinski definition) is 2. The molecule has 1 unspecified atom stereocenters. The van der Waals surface area contributed by atoms with Gasteiger partial charge in [-0.05, 0) is 18.8 Å². The van der Waals surface area contributed by atoms with Crippen molar-refractivity contribution < 1.29 is 9.90 Å². The molecule has 1 fully saturated rings. The summed E-state index contributed by atoms with van der Waals surface area (Å²) in [5.41, 5.74) is 5.01. The van der Waals surface area contributed by atoms with E-state index in [1.807, 2.05) is 0 Å². The molecule has 4 heteroatoms. The van der Waals surface area contributed by atoms with Crippen LogP contribution < -0.4 is 11.1 Å². The monoisotopic (exact) mass is 186 g/mol. The Hall–Kier alpha value is -0.770. The fourth-order valence-corrected chi connectivity index (χ4v) is 2.03. The third-order valence-electron chi connectivity index (χ3n) is 2.74. The molecule has 0 aromatic rings. The van der Waals surface area contributed by atoms with Crippen molar-refractivity contribution in [3.05, 3.63) is 0 Å². The van der Waals surface area contributed by atoms with Crippen LogP contribution in [0.1, 0.15) is 32.1 Å². The lowest BCUT2D eigenvalue weighted by Crippen LogP contribution is -2.45. The van der Waals surface area contributed by atoms with E-state index in [4.69, 9.17) is 10.8 Å². The number of aliphatic hydroxyl groups excluding tert-OH is 1. The van der Waals surface area contributed by atoms with Gasteiger partial charge in [-0.15, -0.1) is 0 Å². The molecule has 0 spiro atoms. The van der Waals surface area contributed by atoms with Crippen LogP contribution in [-0.4, -0.2) is 23.8 Å². The Morgan fingerprint density at radius 1 is 1.46 bits per heavy atom. The maximum atomic E-state index is 10.6. The number of primary amides is 1. The molecule has 0 aromatic carbocycles. The van der Waals surface area contributed by atoms with Gasteiger partial charge in [-0.2, -0.15) is 0 Å². The Labute approximate surface area is 78.5 Å². The highest BCUT2D eigenvalue weighted by Crippen LogP contribution is 2.26. The van der Waals surface area contributed by atoms with Gasteiger partial charge >= 0.3 is 6.03 Å². The molecule has 0 radical (unpaired) electrons. The van der Waals surface area contributed by atoms with Crippen LogP contribution in [0, 0.1) is 5.92 Å². The van der Waals surface area contributed by atoms with E-state index >= 15 is 0 Å². The fraction of sp³-hybridized carbons (Fsp3) is 0.889. The fourth-order valence-electron chi connectivity index (χ4n) is 2.03. The predicted octanol–water partition coefficient (Wildman–Crippen LogP) is 0.596. The number of rotatable bonds is 3. The van der Waals surface area contributed by atoms with Crippen LogP contribution in [0.15, 0.2) is 0 Å². The SMILES string of the molecule is NC(=O)NC(CO)C1CCCCC1. The molecule has 1 saturated carbocycles. The summed E-state index contributed by atoms with van der Waals surface area (Å²) >= 11 is 0. The zero-order valence-electron chi connectivity index (χ0n) is 7.83. The van der Waals surface area contributed by atoms with Crippen molar-refractivity contribution in [2.24, 2.45) is 11.7 Å². The van der Waals surface area contributed by atoms with Gasteiger partial charge in [0.25, 0.3) is 0 Å². The van der Waals surface area contributed by atoms with E-state index < -0.39 is 6.03 Å². The summed E-state index contributed by atoms with van der Waals surface area (Å²) in [5.74, 6) is 0.409. The number of carbonyl (C=O) groups excluding carboxylic acids is 1. The maximum Gasteiger partial charge on any atom is 0.312 e. The van der Waals surface area contributed by atoms with E-state index in [0.717, 1.165) is 12.8 Å². The summed E-state index contributed by atoms with van der Waals surface area (Å²) in [4.78, 5) is 10.6. The average Bonchev–Trinajstić information content (AvgIpc) is 2.15. The Bertz CT molecular complexity index is 167. The van der Waals surface area contributed by atoms with Gasteiger partial charge in [0, 0.05) is 0 Å². The van der Waals surface area contributed by atoms with Gasteiger partial charge in [0.05, 0.1) is 12.6 Å². The number of carbonyl (C=O) groups is 1. The average molecular weight is 186 g/mol. The molecule has 0 saturated heterocycles. The van der Waals surface area contributed by atoms with E-state index in [9.17, 15) is 4.79 Å². The first-order valence-corrected chi connectivity index (χ1v) is 4.91. The van der Waals surface area contributed by atoms with Gasteiger partial charge in [-0.25, -0.2) is 4.79 Å². The molecule has 4 nitrogen and oxygen atoms in total. The molecular weight excluding hydrogens is 168 g/mol. The summed E-state index contributed by atoms with van der Waals surface area (Å²) in [6.45, 7) is -0.00634. The smallest absolute Gasteiger partial charge is 0.312 e. The molecule has 1 rings (SSSR count). The Morgan fingerprint density at radius 2 is 2.08 bits per heavy atom. The van der Waals surface area contributed by atoms with Gasteiger partial charge in [0.2, 0.25) is 0 Å². The number of amides is 2. The first-order valence-electron chi connectivity index (χ1n) is 4.91. The van der Waals surface area contributed by atoms with Crippen molar-refractivity contribution in [1.29, 1.82) is 0 Å². The van der Waals surface area contributed by atoms with E-state index in [1.54, 1.807) is 0 Å². The zero-order chi connectivity index (χ0) is 9.68. The molecule has 76 valence electrons. The summed E-state index contributed by atoms with van der Waals surface area (Å²) in [5, 5.41) is 11.6. The molecule has 13 heavy (non-hydrogen) atoms. The Balaban J connectivity index is 2.39. The minimum absolute atomic E-state index is 0.00634. The summed E-state index contributed by atoms with van der Waals surface area (Å²) in [7, 11) is 0. The summed E-state index contributed by atoms with van der Waals surface area (Å²) in [6, 6.07) is -0.678. The lowest BCUT2D eigenvalue weighted by atomic mass is 9.84.